The highest BCUT2D eigenvalue weighted by atomic mass is 16.2. The summed E-state index contributed by atoms with van der Waals surface area (Å²) in [6, 6.07) is 9.97. The summed E-state index contributed by atoms with van der Waals surface area (Å²) in [6.07, 6.45) is 4.82. The number of rotatable bonds is 3. The highest BCUT2D eigenvalue weighted by Gasteiger charge is 2.49. The first-order chi connectivity index (χ1) is 10.1. The van der Waals surface area contributed by atoms with Crippen molar-refractivity contribution in [1.29, 1.82) is 0 Å². The highest BCUT2D eigenvalue weighted by Crippen LogP contribution is 2.41. The number of amides is 1. The largest absolute Gasteiger partial charge is 0.365 e. The van der Waals surface area contributed by atoms with Gasteiger partial charge in [0.15, 0.2) is 5.78 Å². The molecule has 0 aromatic heterocycles. The van der Waals surface area contributed by atoms with E-state index in [1.165, 1.54) is 0 Å². The summed E-state index contributed by atoms with van der Waals surface area (Å²) < 4.78 is 0. The van der Waals surface area contributed by atoms with Crippen LogP contribution in [0.1, 0.15) is 44.2 Å². The molecule has 1 aliphatic heterocycles. The van der Waals surface area contributed by atoms with Gasteiger partial charge in [-0.1, -0.05) is 43.2 Å². The molecule has 1 amide bonds. The lowest BCUT2D eigenvalue weighted by atomic mass is 9.79. The lowest BCUT2D eigenvalue weighted by molar-refractivity contribution is -0.140. The topological polar surface area (TPSA) is 58.2 Å². The van der Waals surface area contributed by atoms with Gasteiger partial charge in [-0.25, -0.2) is 0 Å². The van der Waals surface area contributed by atoms with Crippen molar-refractivity contribution in [3.63, 3.8) is 0 Å². The second kappa shape index (κ2) is 5.35. The van der Waals surface area contributed by atoms with E-state index in [1.807, 2.05) is 37.3 Å². The van der Waals surface area contributed by atoms with Crippen LogP contribution in [0, 0.1) is 5.41 Å². The van der Waals surface area contributed by atoms with E-state index in [9.17, 15) is 9.59 Å². The molecule has 1 unspecified atom stereocenters. The summed E-state index contributed by atoms with van der Waals surface area (Å²) in [4.78, 5) is 24.7. The lowest BCUT2D eigenvalue weighted by Gasteiger charge is -2.31. The van der Waals surface area contributed by atoms with Crippen LogP contribution in [-0.2, 0) is 9.59 Å². The molecule has 1 aliphatic carbocycles. The van der Waals surface area contributed by atoms with Gasteiger partial charge in [0.05, 0.1) is 0 Å². The van der Waals surface area contributed by atoms with Gasteiger partial charge in [-0.3, -0.25) is 9.59 Å². The Balaban J connectivity index is 1.76. The zero-order valence-corrected chi connectivity index (χ0v) is 12.2. The first-order valence-electron chi connectivity index (χ1n) is 7.51. The molecule has 110 valence electrons. The minimum absolute atomic E-state index is 0.0307. The van der Waals surface area contributed by atoms with Gasteiger partial charge in [-0.15, -0.1) is 0 Å². The van der Waals surface area contributed by atoms with Crippen molar-refractivity contribution in [2.24, 2.45) is 5.41 Å². The second-order valence-electron chi connectivity index (χ2n) is 5.94. The van der Waals surface area contributed by atoms with E-state index in [2.05, 4.69) is 10.6 Å². The average molecular weight is 284 g/mol. The Kier molecular flexibility index (Phi) is 3.53. The van der Waals surface area contributed by atoms with E-state index in [1.54, 1.807) is 6.08 Å². The standard InChI is InChI=1S/C17H20N2O2/c1-12(13-7-3-2-4-8-13)18-15-11-14(20)17(16(21)19-15)9-5-6-10-17/h2-4,7-8,11-12,18H,5-6,9-10H2,1H3,(H,19,21). The van der Waals surface area contributed by atoms with Crippen LogP contribution in [-0.4, -0.2) is 11.7 Å². The van der Waals surface area contributed by atoms with Crippen molar-refractivity contribution < 1.29 is 9.59 Å². The lowest BCUT2D eigenvalue weighted by Crippen LogP contribution is -2.50. The molecule has 1 fully saturated rings. The average Bonchev–Trinajstić information content (AvgIpc) is 2.97. The zero-order chi connectivity index (χ0) is 14.9. The van der Waals surface area contributed by atoms with Gasteiger partial charge in [0.2, 0.25) is 5.91 Å². The summed E-state index contributed by atoms with van der Waals surface area (Å²) in [5.41, 5.74) is 0.322. The van der Waals surface area contributed by atoms with Crippen molar-refractivity contribution in [1.82, 2.24) is 10.6 Å². The molecule has 0 bridgehead atoms. The SMILES string of the molecule is CC(NC1=CC(=O)C2(CCCC2)C(=O)N1)c1ccccc1. The molecule has 1 atom stereocenters. The van der Waals surface area contributed by atoms with Crippen molar-refractivity contribution in [3.05, 3.63) is 47.8 Å². The van der Waals surface area contributed by atoms with Crippen LogP contribution < -0.4 is 10.6 Å². The fourth-order valence-electron chi connectivity index (χ4n) is 3.25. The molecule has 1 aromatic rings. The number of ketones is 1. The van der Waals surface area contributed by atoms with Gasteiger partial charge in [0.25, 0.3) is 0 Å². The Morgan fingerprint density at radius 1 is 1.14 bits per heavy atom. The molecule has 0 radical (unpaired) electrons. The van der Waals surface area contributed by atoms with Crippen LogP contribution in [0.2, 0.25) is 0 Å². The summed E-state index contributed by atoms with van der Waals surface area (Å²) in [5, 5.41) is 6.08. The Morgan fingerprint density at radius 2 is 1.81 bits per heavy atom. The molecule has 4 nitrogen and oxygen atoms in total. The first-order valence-corrected chi connectivity index (χ1v) is 7.51. The molecular formula is C17H20N2O2. The second-order valence-corrected chi connectivity index (χ2v) is 5.94. The smallest absolute Gasteiger partial charge is 0.239 e. The van der Waals surface area contributed by atoms with E-state index in [-0.39, 0.29) is 17.7 Å². The molecule has 0 saturated heterocycles. The number of nitrogens with one attached hydrogen (secondary N) is 2. The third kappa shape index (κ3) is 2.46. The molecule has 1 aromatic carbocycles. The molecular weight excluding hydrogens is 264 g/mol. The van der Waals surface area contributed by atoms with Gasteiger partial charge in [0.1, 0.15) is 11.2 Å². The third-order valence-corrected chi connectivity index (χ3v) is 4.56. The fourth-order valence-corrected chi connectivity index (χ4v) is 3.25. The predicted molar refractivity (Wildman–Crippen MR) is 80.1 cm³/mol. The maximum atomic E-state index is 12.4. The number of carbonyl (C=O) groups is 2. The molecule has 2 aliphatic rings. The molecule has 4 heteroatoms. The number of allylic oxidation sites excluding steroid dienone is 1. The maximum absolute atomic E-state index is 12.4. The Morgan fingerprint density at radius 3 is 2.43 bits per heavy atom. The van der Waals surface area contributed by atoms with Crippen molar-refractivity contribution in [2.45, 2.75) is 38.6 Å². The minimum Gasteiger partial charge on any atom is -0.365 e. The molecule has 1 spiro atoms. The van der Waals surface area contributed by atoms with Crippen molar-refractivity contribution in [2.75, 3.05) is 0 Å². The number of hydrogen-bond acceptors (Lipinski definition) is 3. The van der Waals surface area contributed by atoms with E-state index in [0.717, 1.165) is 18.4 Å². The van der Waals surface area contributed by atoms with Crippen LogP contribution in [0.25, 0.3) is 0 Å². The van der Waals surface area contributed by atoms with Gasteiger partial charge >= 0.3 is 0 Å². The molecule has 1 heterocycles. The quantitative estimate of drug-likeness (QED) is 0.838. The molecule has 21 heavy (non-hydrogen) atoms. The minimum atomic E-state index is -0.791. The summed E-state index contributed by atoms with van der Waals surface area (Å²) >= 11 is 0. The van der Waals surface area contributed by atoms with Crippen molar-refractivity contribution in [3.8, 4) is 0 Å². The summed E-state index contributed by atoms with van der Waals surface area (Å²) in [6.45, 7) is 2.01. The normalized spacial score (nSPS) is 21.9. The van der Waals surface area contributed by atoms with Gasteiger partial charge in [-0.2, -0.15) is 0 Å². The van der Waals surface area contributed by atoms with Gasteiger partial charge < -0.3 is 10.6 Å². The van der Waals surface area contributed by atoms with Crippen LogP contribution in [0.15, 0.2) is 42.2 Å². The molecule has 3 rings (SSSR count). The monoisotopic (exact) mass is 284 g/mol. The van der Waals surface area contributed by atoms with Crippen LogP contribution in [0.5, 0.6) is 0 Å². The van der Waals surface area contributed by atoms with E-state index in [0.29, 0.717) is 18.7 Å². The Hall–Kier alpha value is -2.10. The first kappa shape index (κ1) is 13.9. The number of hydrogen-bond donors (Lipinski definition) is 2. The number of carbonyl (C=O) groups excluding carboxylic acids is 2. The van der Waals surface area contributed by atoms with E-state index >= 15 is 0 Å². The number of benzene rings is 1. The maximum Gasteiger partial charge on any atom is 0.239 e. The summed E-state index contributed by atoms with van der Waals surface area (Å²) in [5.74, 6) is 0.320. The van der Waals surface area contributed by atoms with Gasteiger partial charge in [0, 0.05) is 12.1 Å². The van der Waals surface area contributed by atoms with E-state index in [4.69, 9.17) is 0 Å². The Bertz CT molecular complexity index is 586. The van der Waals surface area contributed by atoms with Gasteiger partial charge in [-0.05, 0) is 25.3 Å². The summed E-state index contributed by atoms with van der Waals surface area (Å²) in [7, 11) is 0. The zero-order valence-electron chi connectivity index (χ0n) is 12.2. The fraction of sp³-hybridized carbons (Fsp3) is 0.412. The van der Waals surface area contributed by atoms with Crippen LogP contribution in [0.3, 0.4) is 0 Å². The van der Waals surface area contributed by atoms with Crippen LogP contribution >= 0.6 is 0 Å². The third-order valence-electron chi connectivity index (χ3n) is 4.56. The van der Waals surface area contributed by atoms with Crippen LogP contribution in [0.4, 0.5) is 0 Å². The predicted octanol–water partition coefficient (Wildman–Crippen LogP) is 2.44. The van der Waals surface area contributed by atoms with E-state index < -0.39 is 5.41 Å². The molecule has 2 N–H and O–H groups in total. The highest BCUT2D eigenvalue weighted by molar-refractivity contribution is 6.14. The Labute approximate surface area is 124 Å². The molecule has 1 saturated carbocycles. The van der Waals surface area contributed by atoms with Crippen molar-refractivity contribution >= 4 is 11.7 Å².